The second-order valence-corrected chi connectivity index (χ2v) is 7.94. The molecule has 0 saturated heterocycles. The SMILES string of the molecule is C=C(C)C(=O)N([C@H](CC(C)C)C(=O)NCC(=O)OCC)[C@@H](C)c1ccc(OC)cc1OC. The molecule has 8 nitrogen and oxygen atoms in total. The first-order valence-electron chi connectivity index (χ1n) is 10.7. The molecule has 8 heteroatoms. The van der Waals surface area contributed by atoms with Crippen LogP contribution in [0.4, 0.5) is 0 Å². The lowest BCUT2D eigenvalue weighted by molar-refractivity contribution is -0.145. The maximum absolute atomic E-state index is 13.2. The highest BCUT2D eigenvalue weighted by Crippen LogP contribution is 2.35. The minimum Gasteiger partial charge on any atom is -0.497 e. The Morgan fingerprint density at radius 3 is 2.28 bits per heavy atom. The average molecular weight is 449 g/mol. The summed E-state index contributed by atoms with van der Waals surface area (Å²) in [5, 5.41) is 2.61. The minimum atomic E-state index is -0.824. The van der Waals surface area contributed by atoms with Gasteiger partial charge in [0.2, 0.25) is 11.8 Å². The quantitative estimate of drug-likeness (QED) is 0.390. The molecule has 1 N–H and O–H groups in total. The fraction of sp³-hybridized carbons (Fsp3) is 0.542. The Labute approximate surface area is 190 Å². The van der Waals surface area contributed by atoms with Crippen LogP contribution in [0.1, 0.15) is 52.6 Å². The summed E-state index contributed by atoms with van der Waals surface area (Å²) in [7, 11) is 3.09. The Bertz CT molecular complexity index is 821. The smallest absolute Gasteiger partial charge is 0.325 e. The largest absolute Gasteiger partial charge is 0.497 e. The molecule has 32 heavy (non-hydrogen) atoms. The zero-order chi connectivity index (χ0) is 24.4. The lowest BCUT2D eigenvalue weighted by Crippen LogP contribution is -2.52. The number of esters is 1. The van der Waals surface area contributed by atoms with Gasteiger partial charge in [0.05, 0.1) is 26.9 Å². The lowest BCUT2D eigenvalue weighted by Gasteiger charge is -2.37. The highest BCUT2D eigenvalue weighted by molar-refractivity contribution is 5.97. The van der Waals surface area contributed by atoms with E-state index in [2.05, 4.69) is 11.9 Å². The first-order chi connectivity index (χ1) is 15.1. The molecular weight excluding hydrogens is 412 g/mol. The molecule has 2 amide bonds. The third kappa shape index (κ3) is 7.28. The highest BCUT2D eigenvalue weighted by atomic mass is 16.5. The predicted octanol–water partition coefficient (Wildman–Crippen LogP) is 3.26. The van der Waals surface area contributed by atoms with Crippen LogP contribution in [-0.2, 0) is 19.1 Å². The molecule has 0 bridgehead atoms. The van der Waals surface area contributed by atoms with Crippen LogP contribution in [-0.4, -0.2) is 56.1 Å². The van der Waals surface area contributed by atoms with E-state index in [9.17, 15) is 14.4 Å². The van der Waals surface area contributed by atoms with Crippen LogP contribution in [0.25, 0.3) is 0 Å². The zero-order valence-corrected chi connectivity index (χ0v) is 20.2. The van der Waals surface area contributed by atoms with Gasteiger partial charge in [0, 0.05) is 17.2 Å². The minimum absolute atomic E-state index is 0.110. The molecule has 0 aliphatic carbocycles. The molecule has 178 valence electrons. The number of nitrogens with one attached hydrogen (secondary N) is 1. The monoisotopic (exact) mass is 448 g/mol. The molecule has 1 aromatic carbocycles. The molecule has 0 aromatic heterocycles. The van der Waals surface area contributed by atoms with E-state index in [0.29, 0.717) is 23.5 Å². The van der Waals surface area contributed by atoms with Gasteiger partial charge in [-0.2, -0.15) is 0 Å². The first-order valence-corrected chi connectivity index (χ1v) is 10.7. The molecule has 0 aliphatic rings. The number of amides is 2. The Hall–Kier alpha value is -3.03. The van der Waals surface area contributed by atoms with Crippen LogP contribution in [0.5, 0.6) is 11.5 Å². The lowest BCUT2D eigenvalue weighted by atomic mass is 9.96. The molecule has 0 radical (unpaired) electrons. The van der Waals surface area contributed by atoms with Crippen molar-refractivity contribution in [1.29, 1.82) is 0 Å². The van der Waals surface area contributed by atoms with Crippen molar-refractivity contribution in [1.82, 2.24) is 10.2 Å². The standard InChI is InChI=1S/C24H36N2O6/c1-9-32-22(27)14-25-23(28)20(12-15(2)3)26(24(29)16(4)5)17(6)19-11-10-18(30-7)13-21(19)31-8/h10-11,13,15,17,20H,4,9,12,14H2,1-3,5-8H3,(H,25,28)/t17-,20+/m0/s1. The number of nitrogens with zero attached hydrogens (tertiary/aromatic N) is 1. The number of benzene rings is 1. The maximum atomic E-state index is 13.2. The van der Waals surface area contributed by atoms with E-state index in [4.69, 9.17) is 14.2 Å². The zero-order valence-electron chi connectivity index (χ0n) is 20.2. The van der Waals surface area contributed by atoms with Crippen molar-refractivity contribution in [3.63, 3.8) is 0 Å². The number of rotatable bonds is 12. The van der Waals surface area contributed by atoms with Crippen LogP contribution in [0.3, 0.4) is 0 Å². The van der Waals surface area contributed by atoms with E-state index < -0.39 is 24.0 Å². The van der Waals surface area contributed by atoms with Gasteiger partial charge in [0.1, 0.15) is 24.1 Å². The number of hydrogen-bond acceptors (Lipinski definition) is 6. The summed E-state index contributed by atoms with van der Waals surface area (Å²) in [5.41, 5.74) is 1.02. The van der Waals surface area contributed by atoms with Gasteiger partial charge in [-0.25, -0.2) is 0 Å². The third-order valence-electron chi connectivity index (χ3n) is 4.95. The molecule has 0 fully saturated rings. The fourth-order valence-corrected chi connectivity index (χ4v) is 3.40. The van der Waals surface area contributed by atoms with Gasteiger partial charge >= 0.3 is 5.97 Å². The summed E-state index contributed by atoms with van der Waals surface area (Å²) < 4.78 is 15.7. The highest BCUT2D eigenvalue weighted by Gasteiger charge is 2.36. The Balaban J connectivity index is 3.40. The van der Waals surface area contributed by atoms with Crippen molar-refractivity contribution in [3.05, 3.63) is 35.9 Å². The topological polar surface area (TPSA) is 94.2 Å². The van der Waals surface area contributed by atoms with Crippen molar-refractivity contribution < 1.29 is 28.6 Å². The van der Waals surface area contributed by atoms with Crippen molar-refractivity contribution in [2.75, 3.05) is 27.4 Å². The summed E-state index contributed by atoms with van der Waals surface area (Å²) in [6, 6.07) is 3.97. The number of hydrogen-bond donors (Lipinski definition) is 1. The van der Waals surface area contributed by atoms with E-state index in [1.807, 2.05) is 26.8 Å². The number of carbonyl (C=O) groups excluding carboxylic acids is 3. The third-order valence-corrected chi connectivity index (χ3v) is 4.95. The Kier molecular flexibility index (Phi) is 10.7. The van der Waals surface area contributed by atoms with E-state index >= 15 is 0 Å². The van der Waals surface area contributed by atoms with E-state index in [0.717, 1.165) is 5.56 Å². The van der Waals surface area contributed by atoms with Crippen LogP contribution < -0.4 is 14.8 Å². The molecule has 1 rings (SSSR count). The van der Waals surface area contributed by atoms with E-state index in [1.165, 1.54) is 12.0 Å². The van der Waals surface area contributed by atoms with Crippen LogP contribution in [0, 0.1) is 5.92 Å². The first kappa shape index (κ1) is 27.0. The van der Waals surface area contributed by atoms with Crippen molar-refractivity contribution in [2.45, 2.75) is 53.1 Å². The van der Waals surface area contributed by atoms with Gasteiger partial charge in [-0.3, -0.25) is 14.4 Å². The van der Waals surface area contributed by atoms with Gasteiger partial charge in [0.25, 0.3) is 0 Å². The molecular formula is C24H36N2O6. The Morgan fingerprint density at radius 1 is 1.12 bits per heavy atom. The molecule has 0 aliphatic heterocycles. The molecule has 0 saturated carbocycles. The number of carbonyl (C=O) groups is 3. The molecule has 0 unspecified atom stereocenters. The molecule has 1 aromatic rings. The van der Waals surface area contributed by atoms with Crippen LogP contribution >= 0.6 is 0 Å². The second-order valence-electron chi connectivity index (χ2n) is 7.94. The Morgan fingerprint density at radius 2 is 1.78 bits per heavy atom. The predicted molar refractivity (Wildman–Crippen MR) is 123 cm³/mol. The van der Waals surface area contributed by atoms with Gasteiger partial charge in [-0.05, 0) is 45.2 Å². The number of ether oxygens (including phenoxy) is 3. The maximum Gasteiger partial charge on any atom is 0.325 e. The normalized spacial score (nSPS) is 12.5. The summed E-state index contributed by atoms with van der Waals surface area (Å²) in [6.07, 6.45) is 0.399. The fourth-order valence-electron chi connectivity index (χ4n) is 3.40. The van der Waals surface area contributed by atoms with Gasteiger partial charge < -0.3 is 24.4 Å². The second kappa shape index (κ2) is 12.7. The molecule has 0 heterocycles. The van der Waals surface area contributed by atoms with Crippen molar-refractivity contribution >= 4 is 17.8 Å². The number of methoxy groups -OCH3 is 2. The summed E-state index contributed by atoms with van der Waals surface area (Å²) in [4.78, 5) is 39.6. The molecule has 0 spiro atoms. The van der Waals surface area contributed by atoms with Crippen molar-refractivity contribution in [2.24, 2.45) is 5.92 Å². The van der Waals surface area contributed by atoms with Gasteiger partial charge in [-0.15, -0.1) is 0 Å². The van der Waals surface area contributed by atoms with Crippen LogP contribution in [0.15, 0.2) is 30.4 Å². The average Bonchev–Trinajstić information content (AvgIpc) is 2.75. The van der Waals surface area contributed by atoms with E-state index in [-0.39, 0.29) is 25.0 Å². The summed E-state index contributed by atoms with van der Waals surface area (Å²) in [6.45, 7) is 12.8. The van der Waals surface area contributed by atoms with Gasteiger partial charge in [0.15, 0.2) is 0 Å². The van der Waals surface area contributed by atoms with E-state index in [1.54, 1.807) is 33.1 Å². The summed E-state index contributed by atoms with van der Waals surface area (Å²) in [5.74, 6) is -0.0633. The molecule has 2 atom stereocenters. The van der Waals surface area contributed by atoms with Crippen molar-refractivity contribution in [3.8, 4) is 11.5 Å². The summed E-state index contributed by atoms with van der Waals surface area (Å²) >= 11 is 0. The van der Waals surface area contributed by atoms with Crippen LogP contribution in [0.2, 0.25) is 0 Å². The van der Waals surface area contributed by atoms with Gasteiger partial charge in [-0.1, -0.05) is 20.4 Å².